The molecule has 0 aromatic heterocycles. The molecule has 144 valence electrons. The van der Waals surface area contributed by atoms with Crippen LogP contribution >= 0.6 is 11.8 Å². The summed E-state index contributed by atoms with van der Waals surface area (Å²) >= 11 is 1.66. The fraction of sp³-hybridized carbons (Fsp3) is 0.750. The van der Waals surface area contributed by atoms with Gasteiger partial charge in [0.2, 0.25) is 24.1 Å². The van der Waals surface area contributed by atoms with Crippen molar-refractivity contribution in [3.05, 3.63) is 0 Å². The second-order valence-electron chi connectivity index (χ2n) is 5.95. The first-order valence-electron chi connectivity index (χ1n) is 8.50. The third kappa shape index (κ3) is 16.9. The lowest BCUT2D eigenvalue weighted by Gasteiger charge is -2.08. The summed E-state index contributed by atoms with van der Waals surface area (Å²) in [6.07, 6.45) is 5.26. The second-order valence-corrected chi connectivity index (χ2v) is 7.05. The molecular weight excluding hydrogens is 344 g/mol. The zero-order valence-corrected chi connectivity index (χ0v) is 15.9. The van der Waals surface area contributed by atoms with E-state index in [9.17, 15) is 19.2 Å². The van der Waals surface area contributed by atoms with E-state index < -0.39 is 11.8 Å². The molecule has 0 spiro atoms. The molecule has 0 radical (unpaired) electrons. The summed E-state index contributed by atoms with van der Waals surface area (Å²) < 4.78 is 0. The van der Waals surface area contributed by atoms with Gasteiger partial charge in [0.25, 0.3) is 0 Å². The summed E-state index contributed by atoms with van der Waals surface area (Å²) in [5.41, 5.74) is 0. The van der Waals surface area contributed by atoms with Gasteiger partial charge in [-0.2, -0.15) is 0 Å². The molecule has 8 nitrogen and oxygen atoms in total. The van der Waals surface area contributed by atoms with Gasteiger partial charge in [-0.15, -0.1) is 11.8 Å². The van der Waals surface area contributed by atoms with E-state index in [-0.39, 0.29) is 25.5 Å². The van der Waals surface area contributed by atoms with Gasteiger partial charge in [0.05, 0.1) is 25.5 Å². The average Bonchev–Trinajstić information content (AvgIpc) is 2.58. The predicted octanol–water partition coefficient (Wildman–Crippen LogP) is -0.0119. The molecule has 0 saturated carbocycles. The fourth-order valence-electron chi connectivity index (χ4n) is 1.82. The Bertz CT molecular complexity index is 419. The van der Waals surface area contributed by atoms with Gasteiger partial charge in [-0.1, -0.05) is 33.1 Å². The van der Waals surface area contributed by atoms with Crippen LogP contribution in [0, 0.1) is 5.92 Å². The number of carbonyl (C=O) groups is 4. The number of amides is 4. The first-order valence-corrected chi connectivity index (χ1v) is 9.66. The third-order valence-corrected chi connectivity index (χ3v) is 4.11. The minimum Gasteiger partial charge on any atom is -0.350 e. The minimum atomic E-state index is -0.475. The predicted molar refractivity (Wildman–Crippen MR) is 98.9 cm³/mol. The SMILES string of the molecule is CC(C)CCCCCSCNC(=O)CNC(=O)CNC(=O)CNC=O. The Balaban J connectivity index is 3.49. The largest absolute Gasteiger partial charge is 0.350 e. The smallest absolute Gasteiger partial charge is 0.240 e. The maximum absolute atomic E-state index is 11.6. The van der Waals surface area contributed by atoms with Crippen LogP contribution in [-0.2, 0) is 19.2 Å². The molecule has 0 aliphatic rings. The van der Waals surface area contributed by atoms with Gasteiger partial charge in [-0.3, -0.25) is 19.2 Å². The molecule has 0 saturated heterocycles. The number of carbonyl (C=O) groups excluding carboxylic acids is 4. The van der Waals surface area contributed by atoms with Crippen molar-refractivity contribution in [3.8, 4) is 0 Å². The summed E-state index contributed by atoms with van der Waals surface area (Å²) in [6, 6.07) is 0. The van der Waals surface area contributed by atoms with Gasteiger partial charge in [-0.25, -0.2) is 0 Å². The van der Waals surface area contributed by atoms with Crippen LogP contribution in [0.15, 0.2) is 0 Å². The Kier molecular flexibility index (Phi) is 14.6. The zero-order valence-electron chi connectivity index (χ0n) is 15.1. The van der Waals surface area contributed by atoms with Gasteiger partial charge >= 0.3 is 0 Å². The number of hydrogen-bond donors (Lipinski definition) is 4. The van der Waals surface area contributed by atoms with E-state index in [0.29, 0.717) is 12.3 Å². The molecule has 9 heteroatoms. The molecule has 0 aromatic carbocycles. The highest BCUT2D eigenvalue weighted by Crippen LogP contribution is 2.10. The van der Waals surface area contributed by atoms with E-state index in [1.807, 2.05) is 0 Å². The Hall–Kier alpha value is -1.77. The number of rotatable bonds is 15. The average molecular weight is 375 g/mol. The van der Waals surface area contributed by atoms with Crippen molar-refractivity contribution in [3.63, 3.8) is 0 Å². The van der Waals surface area contributed by atoms with Crippen molar-refractivity contribution in [2.75, 3.05) is 31.3 Å². The normalized spacial score (nSPS) is 10.2. The number of thioether (sulfide) groups is 1. The van der Waals surface area contributed by atoms with Crippen LogP contribution < -0.4 is 21.3 Å². The van der Waals surface area contributed by atoms with Gasteiger partial charge in [0.1, 0.15) is 0 Å². The van der Waals surface area contributed by atoms with Crippen molar-refractivity contribution in [1.29, 1.82) is 0 Å². The number of hydrogen-bond acceptors (Lipinski definition) is 5. The molecule has 0 unspecified atom stereocenters. The van der Waals surface area contributed by atoms with Crippen LogP contribution in [0.1, 0.15) is 39.5 Å². The van der Waals surface area contributed by atoms with E-state index in [1.165, 1.54) is 19.3 Å². The Labute approximate surface area is 153 Å². The van der Waals surface area contributed by atoms with Crippen molar-refractivity contribution < 1.29 is 19.2 Å². The number of nitrogens with one attached hydrogen (secondary N) is 4. The van der Waals surface area contributed by atoms with Gasteiger partial charge < -0.3 is 21.3 Å². The number of unbranched alkanes of at least 4 members (excludes halogenated alkanes) is 2. The van der Waals surface area contributed by atoms with Crippen LogP contribution in [-0.4, -0.2) is 55.4 Å². The molecule has 0 atom stereocenters. The van der Waals surface area contributed by atoms with Crippen molar-refractivity contribution >= 4 is 35.9 Å². The van der Waals surface area contributed by atoms with Gasteiger partial charge in [0, 0.05) is 0 Å². The molecule has 4 N–H and O–H groups in total. The second kappa shape index (κ2) is 15.7. The Morgan fingerprint density at radius 3 is 2.08 bits per heavy atom. The molecule has 0 aromatic rings. The molecule has 0 rings (SSSR count). The summed E-state index contributed by atoms with van der Waals surface area (Å²) in [5.74, 6) is 1.07. The Morgan fingerprint density at radius 2 is 1.48 bits per heavy atom. The quantitative estimate of drug-likeness (QED) is 0.183. The van der Waals surface area contributed by atoms with Crippen LogP contribution in [0.2, 0.25) is 0 Å². The summed E-state index contributed by atoms with van der Waals surface area (Å²) in [6.45, 7) is 3.89. The highest BCUT2D eigenvalue weighted by Gasteiger charge is 2.07. The van der Waals surface area contributed by atoms with E-state index in [2.05, 4.69) is 35.1 Å². The van der Waals surface area contributed by atoms with Gasteiger partial charge in [-0.05, 0) is 18.1 Å². The lowest BCUT2D eigenvalue weighted by Crippen LogP contribution is -2.43. The lowest BCUT2D eigenvalue weighted by atomic mass is 10.1. The van der Waals surface area contributed by atoms with Gasteiger partial charge in [0.15, 0.2) is 0 Å². The van der Waals surface area contributed by atoms with E-state index >= 15 is 0 Å². The molecule has 0 heterocycles. The lowest BCUT2D eigenvalue weighted by molar-refractivity contribution is -0.127. The highest BCUT2D eigenvalue weighted by molar-refractivity contribution is 7.99. The molecule has 0 aliphatic carbocycles. The fourth-order valence-corrected chi connectivity index (χ4v) is 2.63. The third-order valence-electron chi connectivity index (χ3n) is 3.18. The monoisotopic (exact) mass is 374 g/mol. The molecular formula is C16H30N4O4S. The Morgan fingerprint density at radius 1 is 0.880 bits per heavy atom. The van der Waals surface area contributed by atoms with Crippen LogP contribution in [0.3, 0.4) is 0 Å². The van der Waals surface area contributed by atoms with Crippen molar-refractivity contribution in [2.24, 2.45) is 5.92 Å². The van der Waals surface area contributed by atoms with Crippen LogP contribution in [0.5, 0.6) is 0 Å². The molecule has 0 aliphatic heterocycles. The minimum absolute atomic E-state index is 0.129. The molecule has 0 fully saturated rings. The summed E-state index contributed by atoms with van der Waals surface area (Å²) in [5, 5.41) is 9.62. The maximum atomic E-state index is 11.6. The van der Waals surface area contributed by atoms with E-state index in [1.54, 1.807) is 11.8 Å². The zero-order chi connectivity index (χ0) is 18.9. The standard InChI is InChI=1S/C16H30N4O4S/c1-13(2)6-4-3-5-7-25-12-20-16(24)10-19-15(23)9-18-14(22)8-17-11-21/h11,13H,3-10,12H2,1-2H3,(H,17,21)(H,18,22)(H,19,23)(H,20,24). The summed E-state index contributed by atoms with van der Waals surface area (Å²) in [4.78, 5) is 44.2. The molecule has 0 bridgehead atoms. The van der Waals surface area contributed by atoms with E-state index in [4.69, 9.17) is 0 Å². The van der Waals surface area contributed by atoms with Crippen LogP contribution in [0.25, 0.3) is 0 Å². The molecule has 4 amide bonds. The summed E-state index contributed by atoms with van der Waals surface area (Å²) in [7, 11) is 0. The first kappa shape index (κ1) is 23.2. The van der Waals surface area contributed by atoms with Crippen LogP contribution in [0.4, 0.5) is 0 Å². The van der Waals surface area contributed by atoms with Crippen molar-refractivity contribution in [2.45, 2.75) is 39.5 Å². The first-order chi connectivity index (χ1) is 12.0. The highest BCUT2D eigenvalue weighted by atomic mass is 32.2. The topological polar surface area (TPSA) is 116 Å². The van der Waals surface area contributed by atoms with E-state index in [0.717, 1.165) is 18.1 Å². The maximum Gasteiger partial charge on any atom is 0.240 e. The molecule has 25 heavy (non-hydrogen) atoms. The van der Waals surface area contributed by atoms with Crippen molar-refractivity contribution in [1.82, 2.24) is 21.3 Å².